The fourth-order valence-electron chi connectivity index (χ4n) is 4.25. The fourth-order valence-corrected chi connectivity index (χ4v) is 5.00. The Kier molecular flexibility index (Phi) is 4.34. The minimum Gasteiger partial charge on any atom is -0.486 e. The molecule has 1 aliphatic carbocycles. The van der Waals surface area contributed by atoms with Gasteiger partial charge in [-0.25, -0.2) is 0 Å². The van der Waals surface area contributed by atoms with Gasteiger partial charge in [-0.1, -0.05) is 70.0 Å². The summed E-state index contributed by atoms with van der Waals surface area (Å²) in [6.45, 7) is 0. The number of aryl methyl sites for hydroxylation is 1. The van der Waals surface area contributed by atoms with Crippen molar-refractivity contribution in [2.24, 2.45) is 0 Å². The van der Waals surface area contributed by atoms with E-state index in [9.17, 15) is 0 Å². The summed E-state index contributed by atoms with van der Waals surface area (Å²) in [4.78, 5) is 0. The molecule has 0 N–H and O–H groups in total. The van der Waals surface area contributed by atoms with Crippen LogP contribution in [0.5, 0.6) is 5.75 Å². The van der Waals surface area contributed by atoms with Crippen LogP contribution in [-0.4, -0.2) is 0 Å². The molecule has 0 fully saturated rings. The summed E-state index contributed by atoms with van der Waals surface area (Å²) in [6.07, 6.45) is 3.30. The Morgan fingerprint density at radius 2 is 1.67 bits per heavy atom. The number of ether oxygens (including phenoxy) is 1. The molecule has 0 saturated carbocycles. The van der Waals surface area contributed by atoms with E-state index < -0.39 is 0 Å². The van der Waals surface area contributed by atoms with Gasteiger partial charge >= 0.3 is 0 Å². The molecule has 3 heteroatoms. The van der Waals surface area contributed by atoms with Crippen molar-refractivity contribution in [1.82, 2.24) is 0 Å². The van der Waals surface area contributed by atoms with Crippen molar-refractivity contribution in [1.29, 1.82) is 0 Å². The lowest BCUT2D eigenvalue weighted by Crippen LogP contribution is -2.16. The summed E-state index contributed by atoms with van der Waals surface area (Å²) in [5.74, 6) is 0.831. The molecule has 0 aromatic heterocycles. The number of fused-ring (bicyclic) bond motifs is 5. The number of benzene rings is 4. The van der Waals surface area contributed by atoms with Crippen molar-refractivity contribution in [3.05, 3.63) is 87.4 Å². The average Bonchev–Trinajstić information content (AvgIpc) is 2.68. The molecule has 0 aliphatic heterocycles. The smallest absolute Gasteiger partial charge is 0.125 e. The summed E-state index contributed by atoms with van der Waals surface area (Å²) in [7, 11) is 0. The first kappa shape index (κ1) is 17.1. The van der Waals surface area contributed by atoms with E-state index in [1.807, 2.05) is 24.3 Å². The first-order chi connectivity index (χ1) is 13.2. The zero-order chi connectivity index (χ0) is 18.4. The molecule has 0 amide bonds. The van der Waals surface area contributed by atoms with Crippen molar-refractivity contribution in [2.75, 3.05) is 0 Å². The molecule has 1 atom stereocenters. The van der Waals surface area contributed by atoms with E-state index in [0.717, 1.165) is 29.5 Å². The summed E-state index contributed by atoms with van der Waals surface area (Å²) in [5.41, 5.74) is 2.72. The van der Waals surface area contributed by atoms with Crippen LogP contribution in [0.4, 0.5) is 0 Å². The summed E-state index contributed by atoms with van der Waals surface area (Å²) in [5, 5.41) is 5.79. The Bertz CT molecular complexity index is 1170. The molecular weight excluding hydrogens is 420 g/mol. The van der Waals surface area contributed by atoms with Crippen LogP contribution in [-0.2, 0) is 6.42 Å². The Balaban J connectivity index is 1.72. The van der Waals surface area contributed by atoms with Crippen molar-refractivity contribution in [3.8, 4) is 5.75 Å². The second-order valence-electron chi connectivity index (χ2n) is 7.09. The SMILES string of the molecule is Clc1cccc(OC2CCCc3ccc4c(cc(Br)c5ccccc54)c32)c1. The van der Waals surface area contributed by atoms with Gasteiger partial charge in [0.05, 0.1) is 0 Å². The van der Waals surface area contributed by atoms with Gasteiger partial charge in [0.1, 0.15) is 11.9 Å². The predicted octanol–water partition coefficient (Wildman–Crippen LogP) is 7.87. The Hall–Kier alpha value is -2.03. The summed E-state index contributed by atoms with van der Waals surface area (Å²) >= 11 is 9.94. The van der Waals surface area contributed by atoms with E-state index in [1.54, 1.807) is 0 Å². The van der Waals surface area contributed by atoms with Crippen LogP contribution in [0.1, 0.15) is 30.1 Å². The minimum atomic E-state index is 0.0454. The van der Waals surface area contributed by atoms with E-state index in [2.05, 4.69) is 58.4 Å². The highest BCUT2D eigenvalue weighted by Gasteiger charge is 2.25. The van der Waals surface area contributed by atoms with Gasteiger partial charge in [0, 0.05) is 15.1 Å². The van der Waals surface area contributed by atoms with E-state index in [4.69, 9.17) is 16.3 Å². The third kappa shape index (κ3) is 3.01. The average molecular weight is 438 g/mol. The Morgan fingerprint density at radius 1 is 0.852 bits per heavy atom. The van der Waals surface area contributed by atoms with Crippen molar-refractivity contribution >= 4 is 49.1 Å². The largest absolute Gasteiger partial charge is 0.486 e. The molecule has 0 radical (unpaired) electrons. The summed E-state index contributed by atoms with van der Waals surface area (Å²) < 4.78 is 7.55. The highest BCUT2D eigenvalue weighted by molar-refractivity contribution is 9.10. The van der Waals surface area contributed by atoms with Crippen LogP contribution < -0.4 is 4.74 Å². The molecule has 4 aromatic rings. The van der Waals surface area contributed by atoms with Gasteiger partial charge in [0.2, 0.25) is 0 Å². The van der Waals surface area contributed by atoms with Gasteiger partial charge in [-0.3, -0.25) is 0 Å². The standard InChI is InChI=1S/C24H18BrClO/c25-22-14-21-19(18-8-1-2-9-20(18)22)12-11-15-5-3-10-23(24(15)21)27-17-7-4-6-16(26)13-17/h1-2,4,6-9,11-14,23H,3,5,10H2. The van der Waals surface area contributed by atoms with Gasteiger partial charge in [0.25, 0.3) is 0 Å². The third-order valence-corrected chi connectivity index (χ3v) is 6.32. The fraction of sp³-hybridized carbons (Fsp3) is 0.167. The maximum Gasteiger partial charge on any atom is 0.125 e. The molecule has 0 spiro atoms. The number of hydrogen-bond donors (Lipinski definition) is 0. The molecule has 1 unspecified atom stereocenters. The lowest BCUT2D eigenvalue weighted by molar-refractivity contribution is 0.185. The van der Waals surface area contributed by atoms with E-state index in [0.29, 0.717) is 5.02 Å². The van der Waals surface area contributed by atoms with Crippen molar-refractivity contribution < 1.29 is 4.74 Å². The second-order valence-corrected chi connectivity index (χ2v) is 8.38. The molecular formula is C24H18BrClO. The molecule has 1 aliphatic rings. The monoisotopic (exact) mass is 436 g/mol. The predicted molar refractivity (Wildman–Crippen MR) is 117 cm³/mol. The molecule has 134 valence electrons. The maximum absolute atomic E-state index is 6.42. The van der Waals surface area contributed by atoms with Gasteiger partial charge in [-0.15, -0.1) is 0 Å². The van der Waals surface area contributed by atoms with Crippen LogP contribution in [0.2, 0.25) is 5.02 Å². The van der Waals surface area contributed by atoms with Gasteiger partial charge in [-0.2, -0.15) is 0 Å². The first-order valence-electron chi connectivity index (χ1n) is 9.26. The number of halogens is 2. The van der Waals surface area contributed by atoms with Crippen LogP contribution in [0.25, 0.3) is 21.5 Å². The summed E-state index contributed by atoms with van der Waals surface area (Å²) in [6, 6.07) is 23.1. The normalized spacial score (nSPS) is 16.4. The van der Waals surface area contributed by atoms with E-state index >= 15 is 0 Å². The number of rotatable bonds is 2. The van der Waals surface area contributed by atoms with Crippen molar-refractivity contribution in [3.63, 3.8) is 0 Å². The Labute approximate surface area is 172 Å². The minimum absolute atomic E-state index is 0.0454. The molecule has 4 aromatic carbocycles. The number of hydrogen-bond acceptors (Lipinski definition) is 1. The maximum atomic E-state index is 6.42. The molecule has 0 heterocycles. The van der Waals surface area contributed by atoms with Gasteiger partial charge < -0.3 is 4.74 Å². The molecule has 5 rings (SSSR count). The lowest BCUT2D eigenvalue weighted by atomic mass is 9.84. The zero-order valence-electron chi connectivity index (χ0n) is 14.7. The Morgan fingerprint density at radius 3 is 2.52 bits per heavy atom. The van der Waals surface area contributed by atoms with Crippen molar-refractivity contribution in [2.45, 2.75) is 25.4 Å². The highest BCUT2D eigenvalue weighted by atomic mass is 79.9. The quantitative estimate of drug-likeness (QED) is 0.290. The lowest BCUT2D eigenvalue weighted by Gasteiger charge is -2.28. The van der Waals surface area contributed by atoms with Crippen LogP contribution >= 0.6 is 27.5 Å². The van der Waals surface area contributed by atoms with Crippen LogP contribution in [0, 0.1) is 0 Å². The van der Waals surface area contributed by atoms with Crippen LogP contribution in [0.3, 0.4) is 0 Å². The zero-order valence-corrected chi connectivity index (χ0v) is 17.1. The molecule has 0 saturated heterocycles. The van der Waals surface area contributed by atoms with Gasteiger partial charge in [-0.05, 0) is 70.6 Å². The molecule has 27 heavy (non-hydrogen) atoms. The van der Waals surface area contributed by atoms with Gasteiger partial charge in [0.15, 0.2) is 0 Å². The van der Waals surface area contributed by atoms with Crippen LogP contribution in [0.15, 0.2) is 71.2 Å². The molecule has 1 nitrogen and oxygen atoms in total. The van der Waals surface area contributed by atoms with E-state index in [-0.39, 0.29) is 6.10 Å². The third-order valence-electron chi connectivity index (χ3n) is 5.43. The topological polar surface area (TPSA) is 9.23 Å². The van der Waals surface area contributed by atoms with E-state index in [1.165, 1.54) is 32.7 Å². The second kappa shape index (κ2) is 6.85. The first-order valence-corrected chi connectivity index (χ1v) is 10.4. The highest BCUT2D eigenvalue weighted by Crippen LogP contribution is 2.42. The molecule has 0 bridgehead atoms.